The predicted octanol–water partition coefficient (Wildman–Crippen LogP) is 3.07. The molecule has 0 atom stereocenters. The summed E-state index contributed by atoms with van der Waals surface area (Å²) in [6.07, 6.45) is 3.82. The molecule has 0 aromatic heterocycles. The second-order valence-corrected chi connectivity index (χ2v) is 4.61. The van der Waals surface area contributed by atoms with E-state index in [0.29, 0.717) is 0 Å². The van der Waals surface area contributed by atoms with Crippen molar-refractivity contribution in [2.75, 3.05) is 26.7 Å². The number of nitrogens with zero attached hydrogens (tertiary/aromatic N) is 1. The first-order valence-corrected chi connectivity index (χ1v) is 7.34. The number of unbranched alkanes of at least 4 members (excludes halogenated alkanes) is 1. The molecule has 1 heterocycles. The van der Waals surface area contributed by atoms with Crippen molar-refractivity contribution in [1.82, 2.24) is 10.2 Å². The minimum atomic E-state index is 1.14. The van der Waals surface area contributed by atoms with Crippen molar-refractivity contribution >= 4 is 0 Å². The van der Waals surface area contributed by atoms with Crippen LogP contribution in [0.2, 0.25) is 0 Å². The number of hydrogen-bond acceptors (Lipinski definition) is 2. The van der Waals surface area contributed by atoms with Crippen LogP contribution >= 0.6 is 0 Å². The van der Waals surface area contributed by atoms with Crippen molar-refractivity contribution in [3.8, 4) is 0 Å². The van der Waals surface area contributed by atoms with E-state index in [0.717, 1.165) is 13.1 Å². The van der Waals surface area contributed by atoms with Crippen molar-refractivity contribution in [3.63, 3.8) is 0 Å². The SMILES string of the molecule is CC.CNCCCCN1CCc2ccccc2C1. The van der Waals surface area contributed by atoms with Crippen LogP contribution in [0.5, 0.6) is 0 Å². The maximum Gasteiger partial charge on any atom is 0.0236 e. The molecule has 2 rings (SSSR count). The van der Waals surface area contributed by atoms with Gasteiger partial charge >= 0.3 is 0 Å². The molecule has 1 aliphatic rings. The lowest BCUT2D eigenvalue weighted by Crippen LogP contribution is -2.31. The maximum atomic E-state index is 3.20. The Labute approximate surface area is 112 Å². The summed E-state index contributed by atoms with van der Waals surface area (Å²) in [6.45, 7) is 8.77. The largest absolute Gasteiger partial charge is 0.320 e. The van der Waals surface area contributed by atoms with E-state index in [1.807, 2.05) is 20.9 Å². The molecule has 0 saturated heterocycles. The quantitative estimate of drug-likeness (QED) is 0.806. The van der Waals surface area contributed by atoms with Crippen LogP contribution in [0.4, 0.5) is 0 Å². The molecule has 1 N–H and O–H groups in total. The zero-order valence-corrected chi connectivity index (χ0v) is 12.2. The monoisotopic (exact) mass is 248 g/mol. The Balaban J connectivity index is 0.000000771. The van der Waals surface area contributed by atoms with Gasteiger partial charge in [-0.25, -0.2) is 0 Å². The highest BCUT2D eigenvalue weighted by molar-refractivity contribution is 5.28. The van der Waals surface area contributed by atoms with Crippen molar-refractivity contribution < 1.29 is 0 Å². The standard InChI is InChI=1S/C14H22N2.C2H6/c1-15-9-4-5-10-16-11-8-13-6-2-3-7-14(13)12-16;1-2/h2-3,6-7,15H,4-5,8-12H2,1H3;1-2H3. The second-order valence-electron chi connectivity index (χ2n) is 4.61. The Morgan fingerprint density at radius 1 is 1.11 bits per heavy atom. The van der Waals surface area contributed by atoms with Crippen LogP contribution in [0.15, 0.2) is 24.3 Å². The Morgan fingerprint density at radius 3 is 2.56 bits per heavy atom. The number of nitrogens with one attached hydrogen (secondary N) is 1. The van der Waals surface area contributed by atoms with E-state index >= 15 is 0 Å². The zero-order valence-electron chi connectivity index (χ0n) is 12.2. The van der Waals surface area contributed by atoms with Crippen LogP contribution in [0.3, 0.4) is 0 Å². The number of hydrogen-bond donors (Lipinski definition) is 1. The minimum Gasteiger partial charge on any atom is -0.320 e. The van der Waals surface area contributed by atoms with E-state index in [1.165, 1.54) is 37.9 Å². The summed E-state index contributed by atoms with van der Waals surface area (Å²) in [5.41, 5.74) is 3.08. The highest BCUT2D eigenvalue weighted by Crippen LogP contribution is 2.18. The third-order valence-electron chi connectivity index (χ3n) is 3.36. The van der Waals surface area contributed by atoms with Crippen LogP contribution in [-0.2, 0) is 13.0 Å². The van der Waals surface area contributed by atoms with Gasteiger partial charge in [0.05, 0.1) is 0 Å². The van der Waals surface area contributed by atoms with Crippen molar-refractivity contribution in [2.45, 2.75) is 39.7 Å². The molecule has 102 valence electrons. The van der Waals surface area contributed by atoms with E-state index < -0.39 is 0 Å². The molecule has 0 aliphatic carbocycles. The summed E-state index contributed by atoms with van der Waals surface area (Å²) in [4.78, 5) is 2.58. The van der Waals surface area contributed by atoms with Crippen molar-refractivity contribution in [2.24, 2.45) is 0 Å². The normalized spacial score (nSPS) is 14.6. The van der Waals surface area contributed by atoms with Crippen LogP contribution in [-0.4, -0.2) is 31.6 Å². The zero-order chi connectivity index (χ0) is 13.2. The van der Waals surface area contributed by atoms with Crippen molar-refractivity contribution in [3.05, 3.63) is 35.4 Å². The smallest absolute Gasteiger partial charge is 0.0236 e. The molecule has 0 unspecified atom stereocenters. The van der Waals surface area contributed by atoms with Gasteiger partial charge in [-0.3, -0.25) is 4.90 Å². The first-order chi connectivity index (χ1) is 8.90. The highest BCUT2D eigenvalue weighted by Gasteiger charge is 2.14. The van der Waals surface area contributed by atoms with Crippen LogP contribution in [0.1, 0.15) is 37.8 Å². The van der Waals surface area contributed by atoms with Gasteiger partial charge in [-0.1, -0.05) is 38.1 Å². The molecular formula is C16H28N2. The van der Waals surface area contributed by atoms with Gasteiger partial charge in [0.1, 0.15) is 0 Å². The van der Waals surface area contributed by atoms with Gasteiger partial charge in [-0.05, 0) is 50.5 Å². The number of benzene rings is 1. The summed E-state index contributed by atoms with van der Waals surface area (Å²) < 4.78 is 0. The van der Waals surface area contributed by atoms with E-state index in [9.17, 15) is 0 Å². The Kier molecular flexibility index (Phi) is 7.70. The molecule has 0 bridgehead atoms. The lowest BCUT2D eigenvalue weighted by Gasteiger charge is -2.28. The summed E-state index contributed by atoms with van der Waals surface area (Å²) in [7, 11) is 2.02. The summed E-state index contributed by atoms with van der Waals surface area (Å²) in [5.74, 6) is 0. The average molecular weight is 248 g/mol. The molecule has 1 aliphatic heterocycles. The molecule has 0 fully saturated rings. The molecule has 0 spiro atoms. The minimum absolute atomic E-state index is 1.14. The first kappa shape index (κ1) is 15.2. The molecule has 18 heavy (non-hydrogen) atoms. The topological polar surface area (TPSA) is 15.3 Å². The number of fused-ring (bicyclic) bond motifs is 1. The van der Waals surface area contributed by atoms with Gasteiger partial charge in [0.2, 0.25) is 0 Å². The summed E-state index contributed by atoms with van der Waals surface area (Å²) >= 11 is 0. The maximum absolute atomic E-state index is 3.20. The average Bonchev–Trinajstić information content (AvgIpc) is 2.46. The molecule has 0 radical (unpaired) electrons. The van der Waals surface area contributed by atoms with E-state index in [2.05, 4.69) is 34.5 Å². The third kappa shape index (κ3) is 4.79. The fraction of sp³-hybridized carbons (Fsp3) is 0.625. The molecule has 2 nitrogen and oxygen atoms in total. The summed E-state index contributed by atoms with van der Waals surface area (Å²) in [6, 6.07) is 8.85. The van der Waals surface area contributed by atoms with Gasteiger partial charge in [-0.2, -0.15) is 0 Å². The molecule has 2 heteroatoms. The Hall–Kier alpha value is -0.860. The van der Waals surface area contributed by atoms with Crippen molar-refractivity contribution in [1.29, 1.82) is 0 Å². The van der Waals surface area contributed by atoms with Gasteiger partial charge in [0.25, 0.3) is 0 Å². The first-order valence-electron chi connectivity index (χ1n) is 7.34. The summed E-state index contributed by atoms with van der Waals surface area (Å²) in [5, 5.41) is 3.20. The van der Waals surface area contributed by atoms with Gasteiger partial charge in [-0.15, -0.1) is 0 Å². The molecule has 0 saturated carbocycles. The van der Waals surface area contributed by atoms with E-state index in [-0.39, 0.29) is 0 Å². The van der Waals surface area contributed by atoms with Gasteiger partial charge in [0, 0.05) is 13.1 Å². The Morgan fingerprint density at radius 2 is 1.83 bits per heavy atom. The second kappa shape index (κ2) is 9.12. The van der Waals surface area contributed by atoms with Crippen LogP contribution in [0.25, 0.3) is 0 Å². The van der Waals surface area contributed by atoms with E-state index in [1.54, 1.807) is 5.56 Å². The molecule has 1 aromatic rings. The fourth-order valence-corrected chi connectivity index (χ4v) is 2.38. The highest BCUT2D eigenvalue weighted by atomic mass is 15.1. The van der Waals surface area contributed by atoms with Gasteiger partial charge in [0.15, 0.2) is 0 Å². The lowest BCUT2D eigenvalue weighted by molar-refractivity contribution is 0.249. The predicted molar refractivity (Wildman–Crippen MR) is 79.9 cm³/mol. The van der Waals surface area contributed by atoms with Gasteiger partial charge < -0.3 is 5.32 Å². The Bertz CT molecular complexity index is 323. The molecular weight excluding hydrogens is 220 g/mol. The number of rotatable bonds is 5. The van der Waals surface area contributed by atoms with Crippen LogP contribution in [0, 0.1) is 0 Å². The van der Waals surface area contributed by atoms with E-state index in [4.69, 9.17) is 0 Å². The molecule has 0 amide bonds. The lowest BCUT2D eigenvalue weighted by atomic mass is 10.00. The fourth-order valence-electron chi connectivity index (χ4n) is 2.38. The molecule has 1 aromatic carbocycles. The van der Waals surface area contributed by atoms with Crippen LogP contribution < -0.4 is 5.32 Å². The third-order valence-corrected chi connectivity index (χ3v) is 3.36.